The first-order valence-electron chi connectivity index (χ1n) is 6.87. The van der Waals surface area contributed by atoms with Crippen LogP contribution in [0.3, 0.4) is 0 Å². The zero-order valence-corrected chi connectivity index (χ0v) is 14.4. The molecule has 0 fully saturated rings. The minimum atomic E-state index is -0.457. The van der Waals surface area contributed by atoms with Crippen LogP contribution in [0.2, 0.25) is 0 Å². The molecule has 0 saturated carbocycles. The van der Waals surface area contributed by atoms with Gasteiger partial charge < -0.3 is 19.2 Å². The maximum absolute atomic E-state index is 12.0. The second-order valence-electron chi connectivity index (χ2n) is 4.69. The van der Waals surface area contributed by atoms with Gasteiger partial charge in [-0.05, 0) is 52.9 Å². The second-order valence-corrected chi connectivity index (χ2v) is 5.75. The Morgan fingerprint density at radius 1 is 1.21 bits per heavy atom. The number of halogens is 1. The molecule has 2 amide bonds. The molecule has 1 aromatic heterocycles. The van der Waals surface area contributed by atoms with E-state index in [0.29, 0.717) is 22.8 Å². The summed E-state index contributed by atoms with van der Waals surface area (Å²) in [5, 5.41) is 6.24. The molecule has 0 bridgehead atoms. The molecule has 0 unspecified atom stereocenters. The van der Waals surface area contributed by atoms with Gasteiger partial charge >= 0.3 is 0 Å². The Labute approximate surface area is 150 Å². The van der Waals surface area contributed by atoms with E-state index in [1.54, 1.807) is 30.3 Å². The van der Waals surface area contributed by atoms with Gasteiger partial charge in [0, 0.05) is 5.56 Å². The third-order valence-electron chi connectivity index (χ3n) is 3.02. The Hall–Kier alpha value is -2.56. The SMILES string of the molecule is O=C(CNC(=O)c1ccc2c(c1)OCO2)N/N=C\c1ccc(I)o1. The number of fused-ring (bicyclic) bond motifs is 1. The number of nitrogens with zero attached hydrogens (tertiary/aromatic N) is 1. The fourth-order valence-corrected chi connectivity index (χ4v) is 2.34. The maximum atomic E-state index is 12.0. The summed E-state index contributed by atoms with van der Waals surface area (Å²) >= 11 is 2.02. The Kier molecular flexibility index (Phi) is 4.99. The van der Waals surface area contributed by atoms with E-state index in [1.807, 2.05) is 22.6 Å². The first kappa shape index (κ1) is 16.3. The van der Waals surface area contributed by atoms with E-state index in [4.69, 9.17) is 13.9 Å². The highest BCUT2D eigenvalue weighted by Crippen LogP contribution is 2.32. The van der Waals surface area contributed by atoms with Crippen molar-refractivity contribution in [1.82, 2.24) is 10.7 Å². The maximum Gasteiger partial charge on any atom is 0.259 e. The number of nitrogens with one attached hydrogen (secondary N) is 2. The van der Waals surface area contributed by atoms with Crippen LogP contribution >= 0.6 is 22.6 Å². The fourth-order valence-electron chi connectivity index (χ4n) is 1.91. The molecule has 0 atom stereocenters. The summed E-state index contributed by atoms with van der Waals surface area (Å²) < 4.78 is 16.3. The van der Waals surface area contributed by atoms with E-state index in [-0.39, 0.29) is 13.3 Å². The lowest BCUT2D eigenvalue weighted by molar-refractivity contribution is -0.120. The highest BCUT2D eigenvalue weighted by molar-refractivity contribution is 14.1. The van der Waals surface area contributed by atoms with E-state index in [0.717, 1.165) is 3.77 Å². The van der Waals surface area contributed by atoms with Gasteiger partial charge in [0.15, 0.2) is 15.3 Å². The van der Waals surface area contributed by atoms with Gasteiger partial charge in [0.1, 0.15) is 5.76 Å². The zero-order valence-electron chi connectivity index (χ0n) is 12.2. The summed E-state index contributed by atoms with van der Waals surface area (Å²) in [6.45, 7) is -0.0736. The van der Waals surface area contributed by atoms with Gasteiger partial charge in [0.25, 0.3) is 11.8 Å². The van der Waals surface area contributed by atoms with Crippen molar-refractivity contribution in [2.75, 3.05) is 13.3 Å². The summed E-state index contributed by atoms with van der Waals surface area (Å²) in [6, 6.07) is 8.30. The standard InChI is InChI=1S/C15H12IN3O5/c16-13-4-2-10(24-13)6-18-19-14(20)7-17-15(21)9-1-3-11-12(5-9)23-8-22-11/h1-6H,7-8H2,(H,17,21)(H,19,20)/b18-6-. The number of carbonyl (C=O) groups excluding carboxylic acids is 2. The van der Waals surface area contributed by atoms with Crippen molar-refractivity contribution in [3.8, 4) is 11.5 Å². The number of benzene rings is 1. The molecule has 1 aromatic carbocycles. The molecule has 1 aliphatic heterocycles. The van der Waals surface area contributed by atoms with Gasteiger partial charge in [0.05, 0.1) is 12.8 Å². The summed E-state index contributed by atoms with van der Waals surface area (Å²) in [5.74, 6) is 0.759. The van der Waals surface area contributed by atoms with Crippen molar-refractivity contribution in [1.29, 1.82) is 0 Å². The molecule has 2 heterocycles. The molecule has 0 saturated heterocycles. The van der Waals surface area contributed by atoms with Crippen LogP contribution in [0, 0.1) is 3.77 Å². The summed E-state index contributed by atoms with van der Waals surface area (Å²) in [4.78, 5) is 23.7. The largest absolute Gasteiger partial charge is 0.454 e. The topological polar surface area (TPSA) is 102 Å². The van der Waals surface area contributed by atoms with Crippen LogP contribution in [0.5, 0.6) is 11.5 Å². The average molecular weight is 441 g/mol. The van der Waals surface area contributed by atoms with E-state index >= 15 is 0 Å². The predicted molar refractivity (Wildman–Crippen MR) is 92.1 cm³/mol. The molecule has 1 aliphatic rings. The highest BCUT2D eigenvalue weighted by atomic mass is 127. The number of hydrogen-bond donors (Lipinski definition) is 2. The zero-order chi connectivity index (χ0) is 16.9. The number of hydrogen-bond acceptors (Lipinski definition) is 6. The van der Waals surface area contributed by atoms with Crippen molar-refractivity contribution in [2.45, 2.75) is 0 Å². The molecule has 3 rings (SSSR count). The van der Waals surface area contributed by atoms with E-state index < -0.39 is 11.8 Å². The molecule has 2 aromatic rings. The van der Waals surface area contributed by atoms with Gasteiger partial charge in [-0.2, -0.15) is 5.10 Å². The van der Waals surface area contributed by atoms with Gasteiger partial charge in [0.2, 0.25) is 6.79 Å². The van der Waals surface area contributed by atoms with Gasteiger partial charge in [-0.25, -0.2) is 5.43 Å². The third kappa shape index (κ3) is 4.04. The van der Waals surface area contributed by atoms with Crippen molar-refractivity contribution in [3.05, 3.63) is 45.4 Å². The Bertz CT molecular complexity index is 802. The highest BCUT2D eigenvalue weighted by Gasteiger charge is 2.16. The second kappa shape index (κ2) is 7.34. The van der Waals surface area contributed by atoms with Crippen LogP contribution in [-0.2, 0) is 4.79 Å². The van der Waals surface area contributed by atoms with Gasteiger partial charge in [-0.1, -0.05) is 0 Å². The summed E-state index contributed by atoms with van der Waals surface area (Å²) in [6.07, 6.45) is 1.37. The molecule has 0 radical (unpaired) electrons. The fraction of sp³-hybridized carbons (Fsp3) is 0.133. The minimum Gasteiger partial charge on any atom is -0.454 e. The lowest BCUT2D eigenvalue weighted by Gasteiger charge is -2.05. The van der Waals surface area contributed by atoms with Crippen LogP contribution in [0.4, 0.5) is 0 Å². The van der Waals surface area contributed by atoms with Crippen LogP contribution in [0.1, 0.15) is 16.1 Å². The van der Waals surface area contributed by atoms with E-state index in [1.165, 1.54) is 6.21 Å². The normalized spacial score (nSPS) is 12.4. The van der Waals surface area contributed by atoms with Crippen LogP contribution in [-0.4, -0.2) is 31.4 Å². The number of hydrazone groups is 1. The van der Waals surface area contributed by atoms with Crippen molar-refractivity contribution >= 4 is 40.6 Å². The number of furan rings is 1. The number of ether oxygens (including phenoxy) is 2. The Balaban J connectivity index is 1.47. The number of amides is 2. The van der Waals surface area contributed by atoms with Crippen LogP contribution in [0.25, 0.3) is 0 Å². The van der Waals surface area contributed by atoms with Gasteiger partial charge in [-0.3, -0.25) is 9.59 Å². The molecule has 8 nitrogen and oxygen atoms in total. The molecule has 0 spiro atoms. The average Bonchev–Trinajstić information content (AvgIpc) is 3.20. The molecular formula is C15H12IN3O5. The quantitative estimate of drug-likeness (QED) is 0.416. The smallest absolute Gasteiger partial charge is 0.259 e. The first-order valence-corrected chi connectivity index (χ1v) is 7.95. The molecular weight excluding hydrogens is 429 g/mol. The van der Waals surface area contributed by atoms with Crippen molar-refractivity contribution < 1.29 is 23.5 Å². The van der Waals surface area contributed by atoms with Crippen molar-refractivity contribution in [2.24, 2.45) is 5.10 Å². The monoisotopic (exact) mass is 441 g/mol. The first-order chi connectivity index (χ1) is 11.6. The predicted octanol–water partition coefficient (Wildman–Crippen LogP) is 1.49. The Morgan fingerprint density at radius 2 is 2.04 bits per heavy atom. The number of rotatable bonds is 5. The van der Waals surface area contributed by atoms with E-state index in [2.05, 4.69) is 15.8 Å². The summed E-state index contributed by atoms with van der Waals surface area (Å²) in [5.41, 5.74) is 2.67. The van der Waals surface area contributed by atoms with Crippen LogP contribution < -0.4 is 20.2 Å². The van der Waals surface area contributed by atoms with Crippen LogP contribution in [0.15, 0.2) is 39.9 Å². The third-order valence-corrected chi connectivity index (χ3v) is 3.60. The molecule has 24 heavy (non-hydrogen) atoms. The minimum absolute atomic E-state index is 0.134. The van der Waals surface area contributed by atoms with Crippen molar-refractivity contribution in [3.63, 3.8) is 0 Å². The Morgan fingerprint density at radius 3 is 2.83 bits per heavy atom. The molecule has 124 valence electrons. The molecule has 9 heteroatoms. The summed E-state index contributed by atoms with van der Waals surface area (Å²) in [7, 11) is 0. The molecule has 0 aliphatic carbocycles. The number of carbonyl (C=O) groups is 2. The lowest BCUT2D eigenvalue weighted by Crippen LogP contribution is -2.34. The van der Waals surface area contributed by atoms with E-state index in [9.17, 15) is 9.59 Å². The molecule has 2 N–H and O–H groups in total. The lowest BCUT2D eigenvalue weighted by atomic mass is 10.2. The van der Waals surface area contributed by atoms with Gasteiger partial charge in [-0.15, -0.1) is 0 Å².